The zero-order valence-electron chi connectivity index (χ0n) is 14.0. The molecule has 0 unspecified atom stereocenters. The molecule has 136 valence electrons. The fourth-order valence-electron chi connectivity index (χ4n) is 2.47. The summed E-state index contributed by atoms with van der Waals surface area (Å²) >= 11 is 0. The Labute approximate surface area is 145 Å². The normalized spacial score (nSPS) is 25.7. The van der Waals surface area contributed by atoms with Crippen molar-refractivity contribution >= 4 is 17.9 Å². The average molecular weight is 351 g/mol. The molecule has 1 aromatic rings. The standard InChI is InChI=1S/C17H21NO7/c1-10(19)22-9-15-13(23-11(2)20)8-14(16(18)24-15)25-17(21)12-6-4-3-5-7-12/h3-7,13-16H,8-9,18H2,1-2H3/t13-,14+,15+,16-/m0/s1. The number of carbonyl (C=O) groups excluding carboxylic acids is 3. The lowest BCUT2D eigenvalue weighted by molar-refractivity contribution is -0.201. The van der Waals surface area contributed by atoms with E-state index >= 15 is 0 Å². The number of benzene rings is 1. The average Bonchev–Trinajstić information content (AvgIpc) is 2.56. The van der Waals surface area contributed by atoms with Crippen LogP contribution in [0, 0.1) is 0 Å². The Hall–Kier alpha value is -2.45. The van der Waals surface area contributed by atoms with E-state index in [1.807, 2.05) is 0 Å². The summed E-state index contributed by atoms with van der Waals surface area (Å²) in [6.07, 6.45) is -3.06. The minimum absolute atomic E-state index is 0.111. The number of nitrogens with two attached hydrogens (primary N) is 1. The zero-order chi connectivity index (χ0) is 18.4. The molecule has 0 amide bonds. The molecule has 1 aliphatic rings. The SMILES string of the molecule is CC(=O)OC[C@H]1O[C@H](N)[C@H](OC(=O)c2ccccc2)C[C@@H]1OC(C)=O. The van der Waals surface area contributed by atoms with E-state index in [-0.39, 0.29) is 13.0 Å². The summed E-state index contributed by atoms with van der Waals surface area (Å²) in [6, 6.07) is 8.44. The number of ether oxygens (including phenoxy) is 4. The first kappa shape index (κ1) is 18.9. The summed E-state index contributed by atoms with van der Waals surface area (Å²) in [5.41, 5.74) is 6.29. The zero-order valence-corrected chi connectivity index (χ0v) is 14.0. The van der Waals surface area contributed by atoms with E-state index in [1.165, 1.54) is 13.8 Å². The van der Waals surface area contributed by atoms with Gasteiger partial charge in [0.25, 0.3) is 0 Å². The molecule has 0 spiro atoms. The van der Waals surface area contributed by atoms with Gasteiger partial charge in [-0.05, 0) is 12.1 Å². The van der Waals surface area contributed by atoms with Crippen LogP contribution in [0.25, 0.3) is 0 Å². The molecular formula is C17H21NO7. The second-order valence-corrected chi connectivity index (χ2v) is 5.64. The monoisotopic (exact) mass is 351 g/mol. The number of hydrogen-bond donors (Lipinski definition) is 1. The van der Waals surface area contributed by atoms with E-state index in [2.05, 4.69) is 0 Å². The number of rotatable bonds is 5. The smallest absolute Gasteiger partial charge is 0.338 e. The van der Waals surface area contributed by atoms with E-state index in [1.54, 1.807) is 30.3 Å². The van der Waals surface area contributed by atoms with Crippen LogP contribution in [0.4, 0.5) is 0 Å². The molecule has 0 aromatic heterocycles. The first-order valence-corrected chi connectivity index (χ1v) is 7.84. The number of esters is 3. The molecule has 2 rings (SSSR count). The minimum Gasteiger partial charge on any atom is -0.463 e. The summed E-state index contributed by atoms with van der Waals surface area (Å²) < 4.78 is 21.0. The molecule has 0 aliphatic carbocycles. The fraction of sp³-hybridized carbons (Fsp3) is 0.471. The van der Waals surface area contributed by atoms with Gasteiger partial charge in [0.2, 0.25) is 0 Å². The Morgan fingerprint density at radius 2 is 1.76 bits per heavy atom. The van der Waals surface area contributed by atoms with E-state index in [4.69, 9.17) is 24.7 Å². The van der Waals surface area contributed by atoms with Crippen LogP contribution in [0.1, 0.15) is 30.6 Å². The minimum atomic E-state index is -0.931. The summed E-state index contributed by atoms with van der Waals surface area (Å²) in [5, 5.41) is 0. The van der Waals surface area contributed by atoms with E-state index < -0.39 is 42.4 Å². The molecule has 1 heterocycles. The van der Waals surface area contributed by atoms with E-state index in [0.717, 1.165) is 0 Å². The predicted molar refractivity (Wildman–Crippen MR) is 85.3 cm³/mol. The van der Waals surface area contributed by atoms with Gasteiger partial charge in [0.1, 0.15) is 31.1 Å². The van der Waals surface area contributed by atoms with Gasteiger partial charge in [-0.1, -0.05) is 18.2 Å². The van der Waals surface area contributed by atoms with Crippen molar-refractivity contribution in [1.82, 2.24) is 0 Å². The van der Waals surface area contributed by atoms with Gasteiger partial charge < -0.3 is 24.7 Å². The Morgan fingerprint density at radius 3 is 2.36 bits per heavy atom. The Morgan fingerprint density at radius 1 is 1.08 bits per heavy atom. The Kier molecular flexibility index (Phi) is 6.49. The van der Waals surface area contributed by atoms with Gasteiger partial charge in [-0.2, -0.15) is 0 Å². The molecule has 8 heteroatoms. The quantitative estimate of drug-likeness (QED) is 0.611. The summed E-state index contributed by atoms with van der Waals surface area (Å²) in [5.74, 6) is -1.56. The van der Waals surface area contributed by atoms with Crippen LogP contribution in [0.3, 0.4) is 0 Å². The second-order valence-electron chi connectivity index (χ2n) is 5.64. The molecule has 4 atom stereocenters. The van der Waals surface area contributed by atoms with Gasteiger partial charge in [-0.15, -0.1) is 0 Å². The van der Waals surface area contributed by atoms with Crippen LogP contribution in [0.2, 0.25) is 0 Å². The van der Waals surface area contributed by atoms with Crippen LogP contribution in [-0.4, -0.2) is 49.1 Å². The third-order valence-electron chi connectivity index (χ3n) is 3.61. The van der Waals surface area contributed by atoms with Gasteiger partial charge in [0.05, 0.1) is 5.56 Å². The maximum Gasteiger partial charge on any atom is 0.338 e. The van der Waals surface area contributed by atoms with Crippen LogP contribution in [-0.2, 0) is 28.5 Å². The van der Waals surface area contributed by atoms with Crippen molar-refractivity contribution in [3.8, 4) is 0 Å². The predicted octanol–water partition coefficient (Wildman–Crippen LogP) is 0.780. The van der Waals surface area contributed by atoms with Crippen LogP contribution in [0.5, 0.6) is 0 Å². The van der Waals surface area contributed by atoms with Gasteiger partial charge in [-0.25, -0.2) is 4.79 Å². The van der Waals surface area contributed by atoms with Crippen molar-refractivity contribution in [2.45, 2.75) is 44.8 Å². The highest BCUT2D eigenvalue weighted by Crippen LogP contribution is 2.24. The van der Waals surface area contributed by atoms with Crippen molar-refractivity contribution in [2.24, 2.45) is 5.73 Å². The lowest BCUT2D eigenvalue weighted by atomic mass is 10.0. The molecule has 1 aliphatic heterocycles. The van der Waals surface area contributed by atoms with Gasteiger partial charge in [-0.3, -0.25) is 9.59 Å². The lowest BCUT2D eigenvalue weighted by Gasteiger charge is -2.38. The number of carbonyl (C=O) groups is 3. The van der Waals surface area contributed by atoms with E-state index in [9.17, 15) is 14.4 Å². The van der Waals surface area contributed by atoms with Crippen LogP contribution in [0.15, 0.2) is 30.3 Å². The third-order valence-corrected chi connectivity index (χ3v) is 3.61. The van der Waals surface area contributed by atoms with Gasteiger partial charge in [0, 0.05) is 20.3 Å². The molecule has 25 heavy (non-hydrogen) atoms. The summed E-state index contributed by atoms with van der Waals surface area (Å²) in [6.45, 7) is 2.40. The fourth-order valence-corrected chi connectivity index (χ4v) is 2.47. The molecule has 2 N–H and O–H groups in total. The van der Waals surface area contributed by atoms with Crippen molar-refractivity contribution < 1.29 is 33.3 Å². The summed E-state index contributed by atoms with van der Waals surface area (Å²) in [4.78, 5) is 34.5. The van der Waals surface area contributed by atoms with Gasteiger partial charge >= 0.3 is 17.9 Å². The highest BCUT2D eigenvalue weighted by molar-refractivity contribution is 5.89. The second kappa shape index (κ2) is 8.59. The van der Waals surface area contributed by atoms with Crippen molar-refractivity contribution in [1.29, 1.82) is 0 Å². The molecule has 0 saturated carbocycles. The molecule has 8 nitrogen and oxygen atoms in total. The maximum absolute atomic E-state index is 12.2. The van der Waals surface area contributed by atoms with Crippen molar-refractivity contribution in [2.75, 3.05) is 6.61 Å². The molecule has 0 radical (unpaired) electrons. The molecule has 1 fully saturated rings. The van der Waals surface area contributed by atoms with Crippen LogP contribution >= 0.6 is 0 Å². The molecule has 0 bridgehead atoms. The van der Waals surface area contributed by atoms with Crippen molar-refractivity contribution in [3.63, 3.8) is 0 Å². The first-order valence-electron chi connectivity index (χ1n) is 7.84. The lowest BCUT2D eigenvalue weighted by Crippen LogP contribution is -2.55. The highest BCUT2D eigenvalue weighted by Gasteiger charge is 2.41. The third kappa shape index (κ3) is 5.54. The molecular weight excluding hydrogens is 330 g/mol. The largest absolute Gasteiger partial charge is 0.463 e. The Bertz CT molecular complexity index is 619. The van der Waals surface area contributed by atoms with E-state index in [0.29, 0.717) is 5.56 Å². The summed E-state index contributed by atoms with van der Waals surface area (Å²) in [7, 11) is 0. The van der Waals surface area contributed by atoms with Crippen LogP contribution < -0.4 is 5.73 Å². The van der Waals surface area contributed by atoms with Gasteiger partial charge in [0.15, 0.2) is 0 Å². The topological polar surface area (TPSA) is 114 Å². The van der Waals surface area contributed by atoms with Crippen molar-refractivity contribution in [3.05, 3.63) is 35.9 Å². The molecule has 1 saturated heterocycles. The molecule has 1 aromatic carbocycles. The maximum atomic E-state index is 12.2. The Balaban J connectivity index is 2.04. The number of hydrogen-bond acceptors (Lipinski definition) is 8. The highest BCUT2D eigenvalue weighted by atomic mass is 16.6. The first-order chi connectivity index (χ1) is 11.9.